The zero-order chi connectivity index (χ0) is 9.68. The first-order valence-electron chi connectivity index (χ1n) is 3.80. The molecular formula is C10H9FO2. The summed E-state index contributed by atoms with van der Waals surface area (Å²) < 4.78 is 11.8. The minimum atomic E-state index is -1.06. The highest BCUT2D eigenvalue weighted by Crippen LogP contribution is 2.16. The second-order valence-corrected chi connectivity index (χ2v) is 2.55. The monoisotopic (exact) mass is 180 g/mol. The van der Waals surface area contributed by atoms with Gasteiger partial charge in [0.05, 0.1) is 6.33 Å². The van der Waals surface area contributed by atoms with Crippen molar-refractivity contribution in [3.63, 3.8) is 0 Å². The quantitative estimate of drug-likeness (QED) is 0.775. The van der Waals surface area contributed by atoms with Crippen molar-refractivity contribution in [1.29, 1.82) is 0 Å². The number of hydrogen-bond acceptors (Lipinski definition) is 1. The van der Waals surface area contributed by atoms with Gasteiger partial charge in [-0.1, -0.05) is 30.3 Å². The van der Waals surface area contributed by atoms with Gasteiger partial charge in [0, 0.05) is 0 Å². The minimum Gasteiger partial charge on any atom is -0.481 e. The van der Waals surface area contributed by atoms with Crippen molar-refractivity contribution in [2.45, 2.75) is 5.92 Å². The fourth-order valence-corrected chi connectivity index (χ4v) is 1.07. The molecule has 1 aromatic carbocycles. The van der Waals surface area contributed by atoms with Crippen LogP contribution in [-0.2, 0) is 4.79 Å². The maximum absolute atomic E-state index is 11.8. The summed E-state index contributed by atoms with van der Waals surface area (Å²) in [5, 5.41) is 8.74. The molecule has 1 atom stereocenters. The molecule has 0 fully saturated rings. The van der Waals surface area contributed by atoms with Gasteiger partial charge >= 0.3 is 5.97 Å². The Labute approximate surface area is 75.3 Å². The van der Waals surface area contributed by atoms with Crippen LogP contribution in [0.25, 0.3) is 0 Å². The number of carboxylic acid groups (broad SMARTS) is 1. The highest BCUT2D eigenvalue weighted by Gasteiger charge is 2.15. The zero-order valence-electron chi connectivity index (χ0n) is 6.85. The highest BCUT2D eigenvalue weighted by atomic mass is 19.1. The summed E-state index contributed by atoms with van der Waals surface area (Å²) in [4.78, 5) is 10.7. The van der Waals surface area contributed by atoms with Crippen molar-refractivity contribution in [3.8, 4) is 0 Å². The molecular weight excluding hydrogens is 171 g/mol. The summed E-state index contributed by atoms with van der Waals surface area (Å²) in [6.45, 7) is 0. The van der Waals surface area contributed by atoms with Crippen LogP contribution in [0.2, 0.25) is 0 Å². The number of halogens is 1. The summed E-state index contributed by atoms with van der Waals surface area (Å²) in [5.41, 5.74) is 0.573. The Hall–Kier alpha value is -1.64. The van der Waals surface area contributed by atoms with Crippen molar-refractivity contribution < 1.29 is 14.3 Å². The Bertz CT molecular complexity index is 306. The van der Waals surface area contributed by atoms with E-state index in [9.17, 15) is 9.18 Å². The van der Waals surface area contributed by atoms with Crippen LogP contribution in [-0.4, -0.2) is 11.1 Å². The molecule has 1 N–H and O–H groups in total. The van der Waals surface area contributed by atoms with Crippen molar-refractivity contribution in [1.82, 2.24) is 0 Å². The summed E-state index contributed by atoms with van der Waals surface area (Å²) >= 11 is 0. The van der Waals surface area contributed by atoms with E-state index in [1.807, 2.05) is 0 Å². The van der Waals surface area contributed by atoms with Crippen molar-refractivity contribution in [2.24, 2.45) is 0 Å². The van der Waals surface area contributed by atoms with Gasteiger partial charge in [0.15, 0.2) is 0 Å². The van der Waals surface area contributed by atoms with Gasteiger partial charge in [-0.15, -0.1) is 0 Å². The van der Waals surface area contributed by atoms with Gasteiger partial charge in [-0.05, 0) is 11.6 Å². The van der Waals surface area contributed by atoms with Gasteiger partial charge < -0.3 is 5.11 Å². The predicted octanol–water partition coefficient (Wildman–Crippen LogP) is 2.34. The second kappa shape index (κ2) is 4.40. The minimum absolute atomic E-state index is 0.256. The molecule has 1 rings (SSSR count). The fraction of sp³-hybridized carbons (Fsp3) is 0.100. The van der Waals surface area contributed by atoms with E-state index in [2.05, 4.69) is 0 Å². The topological polar surface area (TPSA) is 37.3 Å². The molecule has 3 heteroatoms. The van der Waals surface area contributed by atoms with E-state index in [4.69, 9.17) is 5.11 Å². The normalized spacial score (nSPS) is 13.0. The van der Waals surface area contributed by atoms with E-state index in [0.717, 1.165) is 6.08 Å². The smallest absolute Gasteiger partial charge is 0.314 e. The molecule has 0 amide bonds. The molecule has 0 saturated carbocycles. The van der Waals surface area contributed by atoms with E-state index in [1.165, 1.54) is 0 Å². The number of hydrogen-bond donors (Lipinski definition) is 1. The third-order valence-corrected chi connectivity index (χ3v) is 1.69. The Morgan fingerprint density at radius 2 is 2.00 bits per heavy atom. The van der Waals surface area contributed by atoms with Crippen LogP contribution in [0.15, 0.2) is 42.7 Å². The maximum Gasteiger partial charge on any atom is 0.314 e. The molecule has 0 aliphatic heterocycles. The van der Waals surface area contributed by atoms with E-state index >= 15 is 0 Å². The lowest BCUT2D eigenvalue weighted by atomic mass is 10.00. The van der Waals surface area contributed by atoms with Crippen LogP contribution in [0.3, 0.4) is 0 Å². The number of carbonyl (C=O) groups is 1. The van der Waals surface area contributed by atoms with E-state index in [0.29, 0.717) is 5.56 Å². The number of benzene rings is 1. The van der Waals surface area contributed by atoms with Crippen molar-refractivity contribution in [2.75, 3.05) is 0 Å². The average Bonchev–Trinajstić information content (AvgIpc) is 2.15. The summed E-state index contributed by atoms with van der Waals surface area (Å²) in [5.74, 6) is -1.95. The largest absolute Gasteiger partial charge is 0.481 e. The molecule has 0 spiro atoms. The maximum atomic E-state index is 11.8. The Morgan fingerprint density at radius 1 is 1.38 bits per heavy atom. The van der Waals surface area contributed by atoms with E-state index in [1.54, 1.807) is 30.3 Å². The zero-order valence-corrected chi connectivity index (χ0v) is 6.85. The molecule has 0 radical (unpaired) electrons. The third-order valence-electron chi connectivity index (χ3n) is 1.69. The van der Waals surface area contributed by atoms with Gasteiger partial charge in [-0.3, -0.25) is 4.79 Å². The molecule has 0 heterocycles. The van der Waals surface area contributed by atoms with Crippen LogP contribution in [0, 0.1) is 0 Å². The third kappa shape index (κ3) is 2.40. The molecule has 13 heavy (non-hydrogen) atoms. The first-order chi connectivity index (χ1) is 6.25. The van der Waals surface area contributed by atoms with Crippen molar-refractivity contribution in [3.05, 3.63) is 48.3 Å². The fourth-order valence-electron chi connectivity index (χ4n) is 1.07. The SMILES string of the molecule is O=C(O)C(/C=C/F)c1ccccc1. The van der Waals surface area contributed by atoms with Gasteiger partial charge in [-0.2, -0.15) is 0 Å². The van der Waals surface area contributed by atoms with Crippen LogP contribution in [0.1, 0.15) is 11.5 Å². The van der Waals surface area contributed by atoms with Crippen molar-refractivity contribution >= 4 is 5.97 Å². The van der Waals surface area contributed by atoms with Crippen LogP contribution in [0.5, 0.6) is 0 Å². The molecule has 2 nitrogen and oxygen atoms in total. The van der Waals surface area contributed by atoms with Gasteiger partial charge in [-0.25, -0.2) is 4.39 Å². The molecule has 0 aromatic heterocycles. The molecule has 0 aliphatic carbocycles. The van der Waals surface area contributed by atoms with Crippen LogP contribution >= 0.6 is 0 Å². The molecule has 1 unspecified atom stereocenters. The Balaban J connectivity index is 2.96. The second-order valence-electron chi connectivity index (χ2n) is 2.55. The predicted molar refractivity (Wildman–Crippen MR) is 47.1 cm³/mol. The molecule has 1 aromatic rings. The highest BCUT2D eigenvalue weighted by molar-refractivity contribution is 5.78. The Kier molecular flexibility index (Phi) is 3.20. The number of rotatable bonds is 3. The lowest BCUT2D eigenvalue weighted by molar-refractivity contribution is -0.137. The number of carboxylic acids is 1. The number of aliphatic carboxylic acids is 1. The van der Waals surface area contributed by atoms with Gasteiger partial charge in [0.25, 0.3) is 0 Å². The van der Waals surface area contributed by atoms with Gasteiger partial charge in [0.1, 0.15) is 5.92 Å². The van der Waals surface area contributed by atoms with Crippen LogP contribution < -0.4 is 0 Å². The first kappa shape index (κ1) is 9.45. The Morgan fingerprint density at radius 3 is 2.46 bits per heavy atom. The lowest BCUT2D eigenvalue weighted by Gasteiger charge is -2.05. The van der Waals surface area contributed by atoms with Gasteiger partial charge in [0.2, 0.25) is 0 Å². The van der Waals surface area contributed by atoms with E-state index < -0.39 is 11.9 Å². The summed E-state index contributed by atoms with van der Waals surface area (Å²) in [6, 6.07) is 8.52. The molecule has 68 valence electrons. The van der Waals surface area contributed by atoms with Crippen LogP contribution in [0.4, 0.5) is 4.39 Å². The van der Waals surface area contributed by atoms with E-state index in [-0.39, 0.29) is 6.33 Å². The first-order valence-corrected chi connectivity index (χ1v) is 3.80. The lowest BCUT2D eigenvalue weighted by Crippen LogP contribution is -2.08. The standard InChI is InChI=1S/C10H9FO2/c11-7-6-9(10(12)13)8-4-2-1-3-5-8/h1-7,9H,(H,12,13)/b7-6+. The molecule has 0 bridgehead atoms. The molecule has 0 saturated heterocycles. The summed E-state index contributed by atoms with van der Waals surface area (Å²) in [6.07, 6.45) is 1.27. The summed E-state index contributed by atoms with van der Waals surface area (Å²) in [7, 11) is 0. The molecule has 0 aliphatic rings. The average molecular weight is 180 g/mol.